The van der Waals surface area contributed by atoms with Crippen LogP contribution in [0.5, 0.6) is 0 Å². The van der Waals surface area contributed by atoms with E-state index in [-0.39, 0.29) is 5.82 Å². The molecule has 0 radical (unpaired) electrons. The maximum Gasteiger partial charge on any atom is 0.234 e. The number of benzene rings is 2. The van der Waals surface area contributed by atoms with Crippen LogP contribution in [0.4, 0.5) is 4.39 Å². The highest BCUT2D eigenvalue weighted by molar-refractivity contribution is 5.76. The van der Waals surface area contributed by atoms with Crippen LogP contribution in [0.25, 0.3) is 39.5 Å². The molecule has 0 unspecified atom stereocenters. The Hall–Kier alpha value is -4.37. The van der Waals surface area contributed by atoms with Gasteiger partial charge in [-0.25, -0.2) is 14.4 Å². The van der Waals surface area contributed by atoms with Gasteiger partial charge in [0.25, 0.3) is 0 Å². The molecule has 5 rings (SSSR count). The van der Waals surface area contributed by atoms with Crippen LogP contribution in [-0.2, 0) is 0 Å². The molecule has 0 N–H and O–H groups in total. The first kappa shape index (κ1) is 17.7. The Balaban J connectivity index is 1.62. The normalized spacial score (nSPS) is 10.8. The van der Waals surface area contributed by atoms with E-state index in [0.717, 1.165) is 22.6 Å². The average molecular weight is 391 g/mol. The van der Waals surface area contributed by atoms with Gasteiger partial charge in [-0.05, 0) is 42.5 Å². The molecular formula is C24H14FN5. The molecule has 0 saturated carbocycles. The first-order valence-electron chi connectivity index (χ1n) is 9.29. The van der Waals surface area contributed by atoms with Crippen molar-refractivity contribution < 1.29 is 4.39 Å². The van der Waals surface area contributed by atoms with E-state index >= 15 is 0 Å². The molecule has 0 aliphatic heterocycles. The molecule has 142 valence electrons. The second-order valence-corrected chi connectivity index (χ2v) is 6.69. The molecule has 5 aromatic rings. The minimum atomic E-state index is -0.383. The van der Waals surface area contributed by atoms with E-state index in [0.29, 0.717) is 22.5 Å². The van der Waals surface area contributed by atoms with Crippen molar-refractivity contribution in [1.29, 1.82) is 5.26 Å². The molecule has 0 fully saturated rings. The zero-order valence-electron chi connectivity index (χ0n) is 15.7. The van der Waals surface area contributed by atoms with Gasteiger partial charge in [-0.1, -0.05) is 24.3 Å². The zero-order chi connectivity index (χ0) is 20.5. The summed E-state index contributed by atoms with van der Waals surface area (Å²) in [6.07, 6.45) is 5.30. The summed E-state index contributed by atoms with van der Waals surface area (Å²) in [5, 5.41) is 9.39. The smallest absolute Gasteiger partial charge is 0.234 e. The molecule has 0 aliphatic carbocycles. The van der Waals surface area contributed by atoms with Gasteiger partial charge >= 0.3 is 0 Å². The van der Waals surface area contributed by atoms with E-state index in [1.165, 1.54) is 6.07 Å². The number of imidazole rings is 1. The molecule has 0 spiro atoms. The van der Waals surface area contributed by atoms with Crippen LogP contribution < -0.4 is 0 Å². The van der Waals surface area contributed by atoms with E-state index in [1.54, 1.807) is 48.8 Å². The van der Waals surface area contributed by atoms with Crippen LogP contribution in [0, 0.1) is 17.1 Å². The zero-order valence-corrected chi connectivity index (χ0v) is 15.7. The fourth-order valence-electron chi connectivity index (χ4n) is 3.45. The van der Waals surface area contributed by atoms with Gasteiger partial charge in [-0.2, -0.15) is 5.26 Å². The third-order valence-corrected chi connectivity index (χ3v) is 4.91. The number of nitrogens with zero attached hydrogens (tertiary/aromatic N) is 5. The Morgan fingerprint density at radius 1 is 0.867 bits per heavy atom. The molecule has 0 amide bonds. The van der Waals surface area contributed by atoms with Crippen molar-refractivity contribution in [1.82, 2.24) is 19.4 Å². The maximum atomic E-state index is 14.6. The van der Waals surface area contributed by atoms with E-state index in [4.69, 9.17) is 0 Å². The number of rotatable bonds is 3. The quantitative estimate of drug-likeness (QED) is 0.427. The lowest BCUT2D eigenvalue weighted by molar-refractivity contribution is 0.631. The van der Waals surface area contributed by atoms with Gasteiger partial charge in [0.2, 0.25) is 5.78 Å². The van der Waals surface area contributed by atoms with Gasteiger partial charge in [0, 0.05) is 29.1 Å². The summed E-state index contributed by atoms with van der Waals surface area (Å²) >= 11 is 0. The molecule has 6 heteroatoms. The van der Waals surface area contributed by atoms with Crippen molar-refractivity contribution in [3.8, 4) is 39.8 Å². The second kappa shape index (κ2) is 7.22. The molecule has 0 atom stereocenters. The molecule has 0 aliphatic rings. The number of hydrogen-bond acceptors (Lipinski definition) is 4. The Morgan fingerprint density at radius 3 is 2.57 bits per heavy atom. The Kier molecular flexibility index (Phi) is 4.26. The highest BCUT2D eigenvalue weighted by Gasteiger charge is 2.14. The van der Waals surface area contributed by atoms with Gasteiger partial charge < -0.3 is 0 Å². The van der Waals surface area contributed by atoms with Crippen LogP contribution in [0.15, 0.2) is 85.3 Å². The number of halogens is 1. The molecule has 30 heavy (non-hydrogen) atoms. The van der Waals surface area contributed by atoms with E-state index in [9.17, 15) is 9.65 Å². The first-order chi connectivity index (χ1) is 14.7. The second-order valence-electron chi connectivity index (χ2n) is 6.69. The lowest BCUT2D eigenvalue weighted by Gasteiger charge is -2.09. The monoisotopic (exact) mass is 391 g/mol. The maximum absolute atomic E-state index is 14.6. The molecular weight excluding hydrogens is 377 g/mol. The number of hydrogen-bond donors (Lipinski definition) is 0. The topological polar surface area (TPSA) is 66.9 Å². The van der Waals surface area contributed by atoms with Crippen molar-refractivity contribution >= 4 is 5.78 Å². The van der Waals surface area contributed by atoms with Crippen molar-refractivity contribution in [3.05, 3.63) is 96.7 Å². The fraction of sp³-hybridized carbons (Fsp3) is 0. The molecule has 3 heterocycles. The van der Waals surface area contributed by atoms with E-state index in [2.05, 4.69) is 21.0 Å². The molecule has 0 saturated heterocycles. The highest BCUT2D eigenvalue weighted by atomic mass is 19.1. The Morgan fingerprint density at radius 2 is 1.73 bits per heavy atom. The van der Waals surface area contributed by atoms with Crippen LogP contribution in [-0.4, -0.2) is 19.4 Å². The van der Waals surface area contributed by atoms with E-state index in [1.807, 2.05) is 34.9 Å². The standard InChI is InChI=1S/C24H14FN5/c25-20-9-8-16(13-19(20)18-6-2-1-5-17(18)14-26)23-15-28-24-29-22(10-12-30(23)24)21-7-3-4-11-27-21/h1-13,15H. The summed E-state index contributed by atoms with van der Waals surface area (Å²) in [6.45, 7) is 0. The summed E-state index contributed by atoms with van der Waals surface area (Å²) in [7, 11) is 0. The molecule has 3 aromatic heterocycles. The van der Waals surface area contributed by atoms with Gasteiger partial charge in [-0.15, -0.1) is 0 Å². The van der Waals surface area contributed by atoms with Crippen molar-refractivity contribution in [2.75, 3.05) is 0 Å². The molecule has 5 nitrogen and oxygen atoms in total. The average Bonchev–Trinajstić information content (AvgIpc) is 3.23. The predicted molar refractivity (Wildman–Crippen MR) is 112 cm³/mol. The van der Waals surface area contributed by atoms with Crippen molar-refractivity contribution in [2.24, 2.45) is 0 Å². The lowest BCUT2D eigenvalue weighted by atomic mass is 9.97. The minimum Gasteiger partial charge on any atom is -0.284 e. The number of nitriles is 1. The number of fused-ring (bicyclic) bond motifs is 1. The summed E-state index contributed by atoms with van der Waals surface area (Å²) in [4.78, 5) is 13.3. The van der Waals surface area contributed by atoms with Crippen molar-refractivity contribution in [3.63, 3.8) is 0 Å². The Labute approximate surface area is 171 Å². The van der Waals surface area contributed by atoms with Crippen LogP contribution >= 0.6 is 0 Å². The summed E-state index contributed by atoms with van der Waals surface area (Å²) in [6, 6.07) is 21.5. The summed E-state index contributed by atoms with van der Waals surface area (Å²) in [5.74, 6) is 0.141. The Bertz CT molecular complexity index is 1420. The largest absolute Gasteiger partial charge is 0.284 e. The highest BCUT2D eigenvalue weighted by Crippen LogP contribution is 2.31. The fourth-order valence-corrected chi connectivity index (χ4v) is 3.45. The third-order valence-electron chi connectivity index (χ3n) is 4.91. The van der Waals surface area contributed by atoms with Gasteiger partial charge in [0.15, 0.2) is 0 Å². The van der Waals surface area contributed by atoms with Gasteiger partial charge in [0.05, 0.1) is 34.9 Å². The predicted octanol–water partition coefficient (Wildman–Crippen LogP) is 5.14. The van der Waals surface area contributed by atoms with Crippen molar-refractivity contribution in [2.45, 2.75) is 0 Å². The first-order valence-corrected chi connectivity index (χ1v) is 9.29. The van der Waals surface area contributed by atoms with Gasteiger partial charge in [-0.3, -0.25) is 9.38 Å². The minimum absolute atomic E-state index is 0.373. The number of aromatic nitrogens is 4. The third kappa shape index (κ3) is 2.99. The number of pyridine rings is 1. The van der Waals surface area contributed by atoms with Gasteiger partial charge in [0.1, 0.15) is 5.82 Å². The summed E-state index contributed by atoms with van der Waals surface area (Å²) < 4.78 is 16.5. The summed E-state index contributed by atoms with van der Waals surface area (Å²) in [5.41, 5.74) is 4.40. The molecule has 0 bridgehead atoms. The SMILES string of the molecule is N#Cc1ccccc1-c1cc(-c2cnc3nc(-c4ccccn4)ccn23)ccc1F. The van der Waals surface area contributed by atoms with Crippen LogP contribution in [0.2, 0.25) is 0 Å². The van der Waals surface area contributed by atoms with E-state index < -0.39 is 0 Å². The van der Waals surface area contributed by atoms with Crippen LogP contribution in [0.1, 0.15) is 5.56 Å². The van der Waals surface area contributed by atoms with Crippen LogP contribution in [0.3, 0.4) is 0 Å². The lowest BCUT2D eigenvalue weighted by Crippen LogP contribution is -1.95. The molecule has 2 aromatic carbocycles.